The largest absolute Gasteiger partial charge is 0.322 e. The van der Waals surface area contributed by atoms with Crippen LogP contribution in [0.2, 0.25) is 0 Å². The van der Waals surface area contributed by atoms with Gasteiger partial charge in [-0.1, -0.05) is 19.1 Å². The van der Waals surface area contributed by atoms with E-state index in [0.29, 0.717) is 12.1 Å². The van der Waals surface area contributed by atoms with Crippen LogP contribution < -0.4 is 5.32 Å². The Morgan fingerprint density at radius 1 is 1.46 bits per heavy atom. The summed E-state index contributed by atoms with van der Waals surface area (Å²) < 4.78 is 26.9. The Labute approximate surface area is 178 Å². The van der Waals surface area contributed by atoms with Gasteiger partial charge in [-0.3, -0.25) is 9.48 Å². The third-order valence-electron chi connectivity index (χ3n) is 5.50. The Morgan fingerprint density at radius 2 is 2.14 bits per heavy atom. The van der Waals surface area contributed by atoms with E-state index >= 15 is 0 Å². The first-order chi connectivity index (χ1) is 13.1. The molecule has 0 saturated carbocycles. The van der Waals surface area contributed by atoms with Crippen LogP contribution in [0.3, 0.4) is 0 Å². The fourth-order valence-electron chi connectivity index (χ4n) is 4.05. The van der Waals surface area contributed by atoms with Crippen molar-refractivity contribution in [3.05, 3.63) is 46.8 Å². The van der Waals surface area contributed by atoms with Gasteiger partial charge in [0.1, 0.15) is 5.69 Å². The van der Waals surface area contributed by atoms with E-state index in [4.69, 9.17) is 35.8 Å². The summed E-state index contributed by atoms with van der Waals surface area (Å²) in [5.41, 5.74) is 1.52. The highest BCUT2D eigenvalue weighted by Gasteiger charge is 2.57. The van der Waals surface area contributed by atoms with Crippen LogP contribution in [-0.2, 0) is 11.8 Å². The third kappa shape index (κ3) is 3.12. The second-order valence-corrected chi connectivity index (χ2v) is 8.99. The van der Waals surface area contributed by atoms with Crippen LogP contribution in [0.25, 0.3) is 0 Å². The standard InChI is InChI=1S/C19H21Cl2F2N3OS/c1-4-11-14-12(18(2,28)19(11,21)9-20)6-5-7-13(14)24-17(27)10-8-26(3)25-15(10)16(22)23/h5-8,11,16,28H,4,9H2,1-3H3,(H,24,27). The maximum atomic E-state index is 13.2. The molecule has 1 aliphatic carbocycles. The number of aryl methyl sites for hydroxylation is 1. The summed E-state index contributed by atoms with van der Waals surface area (Å²) in [6, 6.07) is 5.42. The molecule has 0 aliphatic heterocycles. The quantitative estimate of drug-likeness (QED) is 0.470. The van der Waals surface area contributed by atoms with E-state index in [-0.39, 0.29) is 17.4 Å². The first-order valence-electron chi connectivity index (χ1n) is 8.82. The van der Waals surface area contributed by atoms with E-state index in [1.807, 2.05) is 19.9 Å². The van der Waals surface area contributed by atoms with Crippen LogP contribution in [0.4, 0.5) is 14.5 Å². The lowest BCUT2D eigenvalue weighted by Crippen LogP contribution is -2.42. The minimum atomic E-state index is -2.85. The van der Waals surface area contributed by atoms with Crippen molar-refractivity contribution in [2.45, 2.75) is 42.2 Å². The van der Waals surface area contributed by atoms with Gasteiger partial charge < -0.3 is 5.32 Å². The molecule has 3 atom stereocenters. The van der Waals surface area contributed by atoms with Crippen molar-refractivity contribution in [3.8, 4) is 0 Å². The molecule has 0 spiro atoms. The number of nitrogens with one attached hydrogen (secondary N) is 1. The molecule has 0 bridgehead atoms. The smallest absolute Gasteiger partial charge is 0.282 e. The number of carbonyl (C=O) groups is 1. The van der Waals surface area contributed by atoms with E-state index in [1.54, 1.807) is 12.1 Å². The monoisotopic (exact) mass is 447 g/mol. The van der Waals surface area contributed by atoms with Crippen molar-refractivity contribution < 1.29 is 13.6 Å². The molecule has 1 aromatic heterocycles. The molecule has 2 aromatic rings. The topological polar surface area (TPSA) is 46.9 Å². The summed E-state index contributed by atoms with van der Waals surface area (Å²) in [6.07, 6.45) is -0.884. The number of thiol groups is 1. The number of aromatic nitrogens is 2. The fourth-order valence-corrected chi connectivity index (χ4v) is 5.39. The molecule has 0 radical (unpaired) electrons. The van der Waals surface area contributed by atoms with Crippen LogP contribution in [0.5, 0.6) is 0 Å². The number of anilines is 1. The van der Waals surface area contributed by atoms with Gasteiger partial charge in [0.15, 0.2) is 0 Å². The molecule has 0 saturated heterocycles. The number of carbonyl (C=O) groups excluding carboxylic acids is 1. The molecular formula is C19H21Cl2F2N3OS. The molecular weight excluding hydrogens is 427 g/mol. The van der Waals surface area contributed by atoms with Crippen LogP contribution in [0.15, 0.2) is 24.4 Å². The molecule has 0 fully saturated rings. The van der Waals surface area contributed by atoms with Gasteiger partial charge in [-0.05, 0) is 30.5 Å². The second-order valence-electron chi connectivity index (χ2n) is 7.15. The Bertz CT molecular complexity index is 919. The van der Waals surface area contributed by atoms with Gasteiger partial charge in [-0.2, -0.15) is 17.7 Å². The third-order valence-corrected chi connectivity index (χ3v) is 7.61. The lowest BCUT2D eigenvalue weighted by molar-refractivity contribution is 0.101. The van der Waals surface area contributed by atoms with Crippen LogP contribution in [0.1, 0.15) is 59.8 Å². The zero-order valence-electron chi connectivity index (χ0n) is 15.6. The number of hydrogen-bond donors (Lipinski definition) is 2. The van der Waals surface area contributed by atoms with Gasteiger partial charge in [0.25, 0.3) is 12.3 Å². The minimum Gasteiger partial charge on any atom is -0.322 e. The number of nitrogens with zero attached hydrogens (tertiary/aromatic N) is 2. The first kappa shape index (κ1) is 21.4. The van der Waals surface area contributed by atoms with Gasteiger partial charge in [-0.25, -0.2) is 8.78 Å². The Morgan fingerprint density at radius 3 is 2.71 bits per heavy atom. The summed E-state index contributed by atoms with van der Waals surface area (Å²) >= 11 is 18.0. The molecule has 1 heterocycles. The Balaban J connectivity index is 2.06. The number of alkyl halides is 4. The summed E-state index contributed by atoms with van der Waals surface area (Å²) in [5, 5.41) is 6.46. The predicted octanol–water partition coefficient (Wildman–Crippen LogP) is 5.48. The highest BCUT2D eigenvalue weighted by Crippen LogP contribution is 2.61. The minimum absolute atomic E-state index is 0.163. The van der Waals surface area contributed by atoms with Crippen molar-refractivity contribution >= 4 is 47.4 Å². The molecule has 28 heavy (non-hydrogen) atoms. The van der Waals surface area contributed by atoms with Gasteiger partial charge in [-0.15, -0.1) is 23.2 Å². The second kappa shape index (κ2) is 7.50. The van der Waals surface area contributed by atoms with Crippen molar-refractivity contribution in [2.24, 2.45) is 7.05 Å². The maximum Gasteiger partial charge on any atom is 0.282 e. The molecule has 3 unspecified atom stereocenters. The molecule has 4 nitrogen and oxygen atoms in total. The number of rotatable bonds is 5. The average Bonchev–Trinajstić information content (AvgIpc) is 3.11. The highest BCUT2D eigenvalue weighted by molar-refractivity contribution is 7.81. The summed E-state index contributed by atoms with van der Waals surface area (Å²) in [5.74, 6) is -0.637. The van der Waals surface area contributed by atoms with Crippen molar-refractivity contribution in [3.63, 3.8) is 0 Å². The van der Waals surface area contributed by atoms with Crippen LogP contribution in [-0.4, -0.2) is 26.4 Å². The van der Waals surface area contributed by atoms with E-state index in [2.05, 4.69) is 10.4 Å². The van der Waals surface area contributed by atoms with Gasteiger partial charge >= 0.3 is 0 Å². The normalized spacial score (nSPS) is 26.5. The molecule has 1 amide bonds. The van der Waals surface area contributed by atoms with E-state index in [1.165, 1.54) is 17.9 Å². The van der Waals surface area contributed by atoms with Gasteiger partial charge in [0.05, 0.1) is 15.2 Å². The Kier molecular flexibility index (Phi) is 5.73. The molecule has 152 valence electrons. The van der Waals surface area contributed by atoms with E-state index < -0.39 is 27.6 Å². The van der Waals surface area contributed by atoms with Crippen LogP contribution >= 0.6 is 35.8 Å². The number of hydrogen-bond acceptors (Lipinski definition) is 3. The maximum absolute atomic E-state index is 13.2. The number of fused-ring (bicyclic) bond motifs is 1. The summed E-state index contributed by atoms with van der Waals surface area (Å²) in [6.45, 7) is 3.89. The Hall–Kier alpha value is -1.31. The lowest BCUT2D eigenvalue weighted by atomic mass is 9.86. The van der Waals surface area contributed by atoms with Crippen molar-refractivity contribution in [1.82, 2.24) is 9.78 Å². The zero-order chi connectivity index (χ0) is 20.9. The van der Waals surface area contributed by atoms with Crippen molar-refractivity contribution in [2.75, 3.05) is 11.2 Å². The summed E-state index contributed by atoms with van der Waals surface area (Å²) in [4.78, 5) is 11.9. The molecule has 1 aromatic carbocycles. The van der Waals surface area contributed by atoms with E-state index in [0.717, 1.165) is 11.1 Å². The first-order valence-corrected chi connectivity index (χ1v) is 10.2. The van der Waals surface area contributed by atoms with Gasteiger partial charge in [0.2, 0.25) is 0 Å². The lowest BCUT2D eigenvalue weighted by Gasteiger charge is -2.37. The SMILES string of the molecule is CCC1c2c(NC(=O)c3cn(C)nc3C(F)F)cccc2C(C)(S)C1(Cl)CCl. The van der Waals surface area contributed by atoms with Crippen molar-refractivity contribution in [1.29, 1.82) is 0 Å². The average molecular weight is 448 g/mol. The predicted molar refractivity (Wildman–Crippen MR) is 111 cm³/mol. The number of amides is 1. The molecule has 1 N–H and O–H groups in total. The van der Waals surface area contributed by atoms with Gasteiger partial charge in [0, 0.05) is 30.7 Å². The number of halogens is 4. The van der Waals surface area contributed by atoms with Crippen LogP contribution in [0, 0.1) is 0 Å². The molecule has 3 rings (SSSR count). The van der Waals surface area contributed by atoms with E-state index in [9.17, 15) is 13.6 Å². The summed E-state index contributed by atoms with van der Waals surface area (Å²) in [7, 11) is 1.49. The zero-order valence-corrected chi connectivity index (χ0v) is 18.0. The highest BCUT2D eigenvalue weighted by atomic mass is 35.5. The fraction of sp³-hybridized carbons (Fsp3) is 0.474. The number of benzene rings is 1. The molecule has 1 aliphatic rings. The molecule has 9 heteroatoms.